The zero-order valence-electron chi connectivity index (χ0n) is 18.1. The number of hydrogen-bond donors (Lipinski definition) is 1. The first kappa shape index (κ1) is 22.5. The van der Waals surface area contributed by atoms with E-state index in [4.69, 9.17) is 16.3 Å². The number of carbonyl (C=O) groups excluding carboxylic acids is 2. The van der Waals surface area contributed by atoms with Gasteiger partial charge in [-0.3, -0.25) is 14.5 Å². The average Bonchev–Trinajstić information content (AvgIpc) is 3.05. The minimum Gasteiger partial charge on any atom is -0.507 e. The first-order chi connectivity index (χ1) is 15.5. The highest BCUT2D eigenvalue weighted by Crippen LogP contribution is 2.39. The summed E-state index contributed by atoms with van der Waals surface area (Å²) in [6.07, 6.45) is 0.733. The topological polar surface area (TPSA) is 70.1 Å². The SMILES string of the molecule is Cc1ccc(C2/C(=C(\O)c3ccc(Cl)cc3)C(=O)C(=O)N2CCCN2CCOCC2)cc1. The molecule has 0 saturated carbocycles. The van der Waals surface area contributed by atoms with Crippen LogP contribution in [0.2, 0.25) is 5.02 Å². The van der Waals surface area contributed by atoms with Crippen molar-refractivity contribution >= 4 is 29.1 Å². The van der Waals surface area contributed by atoms with Gasteiger partial charge in [-0.25, -0.2) is 0 Å². The van der Waals surface area contributed by atoms with E-state index in [-0.39, 0.29) is 11.3 Å². The minimum absolute atomic E-state index is 0.118. The summed E-state index contributed by atoms with van der Waals surface area (Å²) in [4.78, 5) is 30.0. The molecule has 4 rings (SSSR count). The molecule has 1 atom stereocenters. The van der Waals surface area contributed by atoms with E-state index < -0.39 is 17.7 Å². The van der Waals surface area contributed by atoms with Crippen LogP contribution in [0, 0.1) is 6.92 Å². The quantitative estimate of drug-likeness (QED) is 0.408. The summed E-state index contributed by atoms with van der Waals surface area (Å²) in [5.41, 5.74) is 2.46. The van der Waals surface area contributed by atoms with Gasteiger partial charge in [0, 0.05) is 36.8 Å². The number of rotatable bonds is 6. The number of nitrogens with zero attached hydrogens (tertiary/aromatic N) is 2. The monoisotopic (exact) mass is 454 g/mol. The number of aliphatic hydroxyl groups excluding tert-OH is 1. The van der Waals surface area contributed by atoms with Gasteiger partial charge in [0.2, 0.25) is 0 Å². The van der Waals surface area contributed by atoms with Crippen molar-refractivity contribution in [2.24, 2.45) is 0 Å². The second-order valence-corrected chi connectivity index (χ2v) is 8.65. The van der Waals surface area contributed by atoms with Gasteiger partial charge in [-0.1, -0.05) is 41.4 Å². The summed E-state index contributed by atoms with van der Waals surface area (Å²) >= 11 is 5.97. The average molecular weight is 455 g/mol. The number of benzene rings is 2. The maximum absolute atomic E-state index is 13.1. The lowest BCUT2D eigenvalue weighted by Crippen LogP contribution is -2.38. The van der Waals surface area contributed by atoms with Crippen molar-refractivity contribution in [1.29, 1.82) is 0 Å². The number of morpholine rings is 1. The van der Waals surface area contributed by atoms with Crippen molar-refractivity contribution in [2.45, 2.75) is 19.4 Å². The first-order valence-corrected chi connectivity index (χ1v) is 11.2. The number of ether oxygens (including phenoxy) is 1. The molecule has 0 aliphatic carbocycles. The number of carbonyl (C=O) groups is 2. The Balaban J connectivity index is 1.66. The highest BCUT2D eigenvalue weighted by atomic mass is 35.5. The molecule has 0 bridgehead atoms. The van der Waals surface area contributed by atoms with Gasteiger partial charge in [0.1, 0.15) is 5.76 Å². The number of aliphatic hydroxyl groups is 1. The number of halogens is 1. The van der Waals surface area contributed by atoms with Crippen LogP contribution in [-0.2, 0) is 14.3 Å². The third kappa shape index (κ3) is 4.72. The molecule has 2 saturated heterocycles. The Morgan fingerprint density at radius 2 is 1.69 bits per heavy atom. The number of likely N-dealkylation sites (tertiary alicyclic amines) is 1. The normalized spacial score (nSPS) is 21.3. The summed E-state index contributed by atoms with van der Waals surface area (Å²) in [5, 5.41) is 11.6. The Bertz CT molecular complexity index is 1010. The van der Waals surface area contributed by atoms with Crippen LogP contribution in [-0.4, -0.2) is 66.0 Å². The van der Waals surface area contributed by atoms with Gasteiger partial charge in [0.05, 0.1) is 24.8 Å². The van der Waals surface area contributed by atoms with Crippen LogP contribution in [0.15, 0.2) is 54.1 Å². The van der Waals surface area contributed by atoms with Crippen LogP contribution < -0.4 is 0 Å². The largest absolute Gasteiger partial charge is 0.507 e. The van der Waals surface area contributed by atoms with Gasteiger partial charge in [0.15, 0.2) is 0 Å². The molecule has 2 fully saturated rings. The molecule has 32 heavy (non-hydrogen) atoms. The Morgan fingerprint density at radius 3 is 2.34 bits per heavy atom. The van der Waals surface area contributed by atoms with Gasteiger partial charge < -0.3 is 14.7 Å². The molecule has 1 amide bonds. The molecular weight excluding hydrogens is 428 g/mol. The number of aryl methyl sites for hydroxylation is 1. The van der Waals surface area contributed by atoms with E-state index in [9.17, 15) is 14.7 Å². The van der Waals surface area contributed by atoms with Crippen molar-refractivity contribution < 1.29 is 19.4 Å². The number of amides is 1. The standard InChI is InChI=1S/C25H27ClN2O4/c1-17-3-5-18(6-4-17)22-21(23(29)19-7-9-20(26)10-8-19)24(30)25(31)28(22)12-2-11-27-13-15-32-16-14-27/h3-10,22,29H,2,11-16H2,1H3/b23-21+. The van der Waals surface area contributed by atoms with Gasteiger partial charge in [-0.2, -0.15) is 0 Å². The van der Waals surface area contributed by atoms with Crippen LogP contribution >= 0.6 is 11.6 Å². The Hall–Kier alpha value is -2.67. The minimum atomic E-state index is -0.658. The molecule has 7 heteroatoms. The van der Waals surface area contributed by atoms with Crippen molar-refractivity contribution in [3.05, 3.63) is 75.8 Å². The first-order valence-electron chi connectivity index (χ1n) is 10.9. The van der Waals surface area contributed by atoms with Crippen LogP contribution in [0.4, 0.5) is 0 Å². The summed E-state index contributed by atoms with van der Waals surface area (Å²) in [5.74, 6) is -1.41. The molecular formula is C25H27ClN2O4. The second kappa shape index (κ2) is 9.86. The molecule has 6 nitrogen and oxygen atoms in total. The molecule has 168 valence electrons. The Morgan fingerprint density at radius 1 is 1.03 bits per heavy atom. The van der Waals surface area contributed by atoms with E-state index in [2.05, 4.69) is 4.90 Å². The highest BCUT2D eigenvalue weighted by Gasteiger charge is 2.45. The van der Waals surface area contributed by atoms with E-state index in [0.29, 0.717) is 17.1 Å². The third-order valence-electron chi connectivity index (χ3n) is 6.03. The summed E-state index contributed by atoms with van der Waals surface area (Å²) < 4.78 is 5.39. The zero-order chi connectivity index (χ0) is 22.7. The molecule has 0 radical (unpaired) electrons. The molecule has 2 heterocycles. The fourth-order valence-electron chi connectivity index (χ4n) is 4.26. The molecule has 2 aliphatic heterocycles. The summed E-state index contributed by atoms with van der Waals surface area (Å²) in [6, 6.07) is 13.7. The maximum atomic E-state index is 13.1. The molecule has 0 aromatic heterocycles. The van der Waals surface area contributed by atoms with Crippen LogP contribution in [0.5, 0.6) is 0 Å². The van der Waals surface area contributed by atoms with Crippen LogP contribution in [0.3, 0.4) is 0 Å². The lowest BCUT2D eigenvalue weighted by molar-refractivity contribution is -0.140. The van der Waals surface area contributed by atoms with Gasteiger partial charge in [-0.05, 0) is 43.2 Å². The van der Waals surface area contributed by atoms with Crippen molar-refractivity contribution in [2.75, 3.05) is 39.4 Å². The molecule has 0 spiro atoms. The van der Waals surface area contributed by atoms with Crippen molar-refractivity contribution in [3.63, 3.8) is 0 Å². The second-order valence-electron chi connectivity index (χ2n) is 8.22. The fraction of sp³-hybridized carbons (Fsp3) is 0.360. The van der Waals surface area contributed by atoms with Gasteiger partial charge in [-0.15, -0.1) is 0 Å². The van der Waals surface area contributed by atoms with Crippen molar-refractivity contribution in [3.8, 4) is 0 Å². The molecule has 2 aromatic rings. The molecule has 2 aromatic carbocycles. The zero-order valence-corrected chi connectivity index (χ0v) is 18.8. The third-order valence-corrected chi connectivity index (χ3v) is 6.28. The molecule has 1 unspecified atom stereocenters. The van der Waals surface area contributed by atoms with E-state index >= 15 is 0 Å². The smallest absolute Gasteiger partial charge is 0.295 e. The van der Waals surface area contributed by atoms with E-state index in [1.165, 1.54) is 0 Å². The van der Waals surface area contributed by atoms with Gasteiger partial charge >= 0.3 is 0 Å². The van der Waals surface area contributed by atoms with Gasteiger partial charge in [0.25, 0.3) is 11.7 Å². The van der Waals surface area contributed by atoms with E-state index in [1.54, 1.807) is 29.2 Å². The van der Waals surface area contributed by atoms with Crippen LogP contribution in [0.1, 0.15) is 29.2 Å². The number of ketones is 1. The fourth-order valence-corrected chi connectivity index (χ4v) is 4.38. The lowest BCUT2D eigenvalue weighted by atomic mass is 9.94. The van der Waals surface area contributed by atoms with E-state index in [1.807, 2.05) is 31.2 Å². The number of hydrogen-bond acceptors (Lipinski definition) is 5. The molecule has 2 aliphatic rings. The summed E-state index contributed by atoms with van der Waals surface area (Å²) in [6.45, 7) is 6.41. The predicted molar refractivity (Wildman–Crippen MR) is 124 cm³/mol. The predicted octanol–water partition coefficient (Wildman–Crippen LogP) is 3.79. The Kier molecular flexibility index (Phi) is 6.94. The highest BCUT2D eigenvalue weighted by molar-refractivity contribution is 6.46. The lowest BCUT2D eigenvalue weighted by Gasteiger charge is -2.29. The molecule has 1 N–H and O–H groups in total. The maximum Gasteiger partial charge on any atom is 0.295 e. The number of Topliss-reactive ketones (excluding diaryl/α,β-unsaturated/α-hetero) is 1. The summed E-state index contributed by atoms with van der Waals surface area (Å²) in [7, 11) is 0. The van der Waals surface area contributed by atoms with Crippen LogP contribution in [0.25, 0.3) is 5.76 Å². The van der Waals surface area contributed by atoms with Crippen molar-refractivity contribution in [1.82, 2.24) is 9.80 Å². The Labute approximate surface area is 193 Å². The van der Waals surface area contributed by atoms with E-state index in [0.717, 1.165) is 50.4 Å².